The maximum atomic E-state index is 13.5. The van der Waals surface area contributed by atoms with Gasteiger partial charge in [0.1, 0.15) is 5.60 Å². The highest BCUT2D eigenvalue weighted by Crippen LogP contribution is 2.36. The van der Waals surface area contributed by atoms with Gasteiger partial charge in [0.2, 0.25) is 0 Å². The molecule has 1 heterocycles. The highest BCUT2D eigenvalue weighted by molar-refractivity contribution is 5.98. The van der Waals surface area contributed by atoms with Crippen molar-refractivity contribution in [1.29, 1.82) is 5.26 Å². The Morgan fingerprint density at radius 3 is 2.16 bits per heavy atom. The number of carbonyl (C=O) groups excluding carboxylic acids is 2. The highest BCUT2D eigenvalue weighted by Gasteiger charge is 2.45. The highest BCUT2D eigenvalue weighted by atomic mass is 19.4. The Morgan fingerprint density at radius 1 is 0.974 bits per heavy atom. The van der Waals surface area contributed by atoms with Crippen molar-refractivity contribution in [2.24, 2.45) is 5.92 Å². The normalized spacial score (nSPS) is 15.8. The van der Waals surface area contributed by atoms with E-state index in [1.54, 1.807) is 59.5 Å². The third kappa shape index (κ3) is 5.87. The van der Waals surface area contributed by atoms with E-state index in [1.165, 1.54) is 12.1 Å². The Morgan fingerprint density at radius 2 is 1.58 bits per heavy atom. The van der Waals surface area contributed by atoms with Crippen LogP contribution in [0.4, 0.5) is 18.9 Å². The van der Waals surface area contributed by atoms with E-state index in [2.05, 4.69) is 5.32 Å². The summed E-state index contributed by atoms with van der Waals surface area (Å²) in [6.45, 7) is 0.635. The number of nitrogens with one attached hydrogen (secondary N) is 1. The Kier molecular flexibility index (Phi) is 7.83. The van der Waals surface area contributed by atoms with Gasteiger partial charge in [0.15, 0.2) is 0 Å². The SMILES string of the molecule is N#Cc1ccc(NC(=O)[C@@](O)(Cc2ccccc2)C2CCN(C(=O)c3ccccc3)CC2)cc1C(F)(F)F. The number of alkyl halides is 3. The van der Waals surface area contributed by atoms with Crippen molar-refractivity contribution in [3.8, 4) is 6.07 Å². The molecule has 0 unspecified atom stereocenters. The molecule has 3 aromatic rings. The second-order valence-corrected chi connectivity index (χ2v) is 9.34. The lowest BCUT2D eigenvalue weighted by Crippen LogP contribution is -2.54. The van der Waals surface area contributed by atoms with E-state index in [4.69, 9.17) is 5.26 Å². The molecule has 2 amide bonds. The summed E-state index contributed by atoms with van der Waals surface area (Å²) >= 11 is 0. The number of aliphatic hydroxyl groups is 1. The minimum absolute atomic E-state index is 0.0562. The number of nitriles is 1. The molecule has 0 spiro atoms. The fourth-order valence-corrected chi connectivity index (χ4v) is 4.83. The molecule has 6 nitrogen and oxygen atoms in total. The van der Waals surface area contributed by atoms with E-state index in [0.29, 0.717) is 43.1 Å². The number of anilines is 1. The minimum Gasteiger partial charge on any atom is -0.379 e. The number of amides is 2. The average molecular weight is 522 g/mol. The molecule has 0 saturated carbocycles. The van der Waals surface area contributed by atoms with Crippen LogP contribution in [0.5, 0.6) is 0 Å². The number of hydrogen-bond donors (Lipinski definition) is 2. The smallest absolute Gasteiger partial charge is 0.379 e. The molecular formula is C29H26F3N3O3. The molecule has 1 saturated heterocycles. The lowest BCUT2D eigenvalue weighted by atomic mass is 9.76. The lowest BCUT2D eigenvalue weighted by molar-refractivity contribution is -0.142. The van der Waals surface area contributed by atoms with Gasteiger partial charge < -0.3 is 15.3 Å². The Bertz CT molecular complexity index is 1330. The van der Waals surface area contributed by atoms with Crippen LogP contribution >= 0.6 is 0 Å². The third-order valence-corrected chi connectivity index (χ3v) is 6.89. The molecule has 1 aliphatic heterocycles. The van der Waals surface area contributed by atoms with Crippen molar-refractivity contribution >= 4 is 17.5 Å². The number of nitrogens with zero attached hydrogens (tertiary/aromatic N) is 2. The summed E-state index contributed by atoms with van der Waals surface area (Å²) in [6.07, 6.45) is -4.18. The summed E-state index contributed by atoms with van der Waals surface area (Å²) in [5.41, 5.74) is -2.63. The van der Waals surface area contributed by atoms with Crippen molar-refractivity contribution in [2.75, 3.05) is 18.4 Å². The Labute approximate surface area is 218 Å². The number of hydrogen-bond acceptors (Lipinski definition) is 4. The summed E-state index contributed by atoms with van der Waals surface area (Å²) in [6, 6.07) is 22.1. The van der Waals surface area contributed by atoms with E-state index in [9.17, 15) is 27.9 Å². The van der Waals surface area contributed by atoms with Gasteiger partial charge in [-0.25, -0.2) is 0 Å². The zero-order valence-electron chi connectivity index (χ0n) is 20.4. The van der Waals surface area contributed by atoms with E-state index in [1.807, 2.05) is 6.07 Å². The fraction of sp³-hybridized carbons (Fsp3) is 0.276. The molecule has 1 atom stereocenters. The second kappa shape index (κ2) is 11.1. The lowest BCUT2D eigenvalue weighted by Gasteiger charge is -2.40. The molecule has 196 valence electrons. The summed E-state index contributed by atoms with van der Waals surface area (Å²) < 4.78 is 40.3. The number of carbonyl (C=O) groups is 2. The first kappa shape index (κ1) is 26.9. The zero-order valence-corrected chi connectivity index (χ0v) is 20.4. The first-order valence-electron chi connectivity index (χ1n) is 12.2. The van der Waals surface area contributed by atoms with Crippen LogP contribution in [0.3, 0.4) is 0 Å². The van der Waals surface area contributed by atoms with Gasteiger partial charge in [0.05, 0.1) is 17.2 Å². The molecule has 4 rings (SSSR count). The molecular weight excluding hydrogens is 495 g/mol. The largest absolute Gasteiger partial charge is 0.417 e. The van der Waals surface area contributed by atoms with Crippen LogP contribution in [0.15, 0.2) is 78.9 Å². The van der Waals surface area contributed by atoms with Gasteiger partial charge in [-0.3, -0.25) is 9.59 Å². The molecule has 0 radical (unpaired) electrons. The molecule has 0 aromatic heterocycles. The van der Waals surface area contributed by atoms with Gasteiger partial charge in [-0.05, 0) is 48.7 Å². The molecule has 38 heavy (non-hydrogen) atoms. The van der Waals surface area contributed by atoms with Gasteiger partial charge in [0, 0.05) is 36.7 Å². The molecule has 1 aliphatic rings. The van der Waals surface area contributed by atoms with E-state index in [0.717, 1.165) is 6.07 Å². The van der Waals surface area contributed by atoms with Gasteiger partial charge >= 0.3 is 6.18 Å². The number of rotatable bonds is 6. The summed E-state index contributed by atoms with van der Waals surface area (Å²) in [5, 5.41) is 23.3. The van der Waals surface area contributed by atoms with Crippen molar-refractivity contribution in [3.05, 3.63) is 101 Å². The van der Waals surface area contributed by atoms with E-state index >= 15 is 0 Å². The first-order chi connectivity index (χ1) is 18.1. The summed E-state index contributed by atoms with van der Waals surface area (Å²) in [7, 11) is 0. The fourth-order valence-electron chi connectivity index (χ4n) is 4.83. The average Bonchev–Trinajstić information content (AvgIpc) is 2.93. The summed E-state index contributed by atoms with van der Waals surface area (Å²) in [4.78, 5) is 28.0. The van der Waals surface area contributed by atoms with Crippen molar-refractivity contribution in [2.45, 2.75) is 31.0 Å². The van der Waals surface area contributed by atoms with Crippen LogP contribution in [-0.4, -0.2) is 40.5 Å². The molecule has 0 bridgehead atoms. The van der Waals surface area contributed by atoms with Crippen LogP contribution in [-0.2, 0) is 17.4 Å². The molecule has 1 fully saturated rings. The molecule has 0 aliphatic carbocycles. The van der Waals surface area contributed by atoms with Crippen LogP contribution in [0.25, 0.3) is 0 Å². The Balaban J connectivity index is 1.57. The monoisotopic (exact) mass is 521 g/mol. The standard InChI is InChI=1S/C29H26F3N3O3/c30-29(31,32)25-17-24(12-11-22(25)19-33)34-27(37)28(38,18-20-7-3-1-4-8-20)23-13-15-35(16-14-23)26(36)21-9-5-2-6-10-21/h1-12,17,23,38H,13-16,18H2,(H,34,37)/t28-/m1/s1. The molecule has 3 aromatic carbocycles. The van der Waals surface area contributed by atoms with E-state index < -0.39 is 34.7 Å². The number of halogens is 3. The van der Waals surface area contributed by atoms with Crippen LogP contribution < -0.4 is 5.32 Å². The topological polar surface area (TPSA) is 93.4 Å². The number of piperidine rings is 1. The Hall–Kier alpha value is -4.16. The van der Waals surface area contributed by atoms with Crippen molar-refractivity contribution in [1.82, 2.24) is 4.90 Å². The van der Waals surface area contributed by atoms with Crippen LogP contribution in [0.2, 0.25) is 0 Å². The van der Waals surface area contributed by atoms with Crippen molar-refractivity contribution in [3.63, 3.8) is 0 Å². The van der Waals surface area contributed by atoms with Crippen molar-refractivity contribution < 1.29 is 27.9 Å². The van der Waals surface area contributed by atoms with Crippen LogP contribution in [0.1, 0.15) is 39.9 Å². The maximum Gasteiger partial charge on any atom is 0.417 e. The van der Waals surface area contributed by atoms with Gasteiger partial charge in [0.25, 0.3) is 11.8 Å². The van der Waals surface area contributed by atoms with Gasteiger partial charge in [-0.2, -0.15) is 18.4 Å². The number of likely N-dealkylation sites (tertiary alicyclic amines) is 1. The second-order valence-electron chi connectivity index (χ2n) is 9.34. The molecule has 9 heteroatoms. The zero-order chi connectivity index (χ0) is 27.3. The maximum absolute atomic E-state index is 13.5. The first-order valence-corrected chi connectivity index (χ1v) is 12.2. The predicted molar refractivity (Wildman–Crippen MR) is 135 cm³/mol. The number of benzene rings is 3. The van der Waals surface area contributed by atoms with Crippen LogP contribution in [0, 0.1) is 17.2 Å². The van der Waals surface area contributed by atoms with Gasteiger partial charge in [-0.1, -0.05) is 48.5 Å². The van der Waals surface area contributed by atoms with Gasteiger partial charge in [-0.15, -0.1) is 0 Å². The summed E-state index contributed by atoms with van der Waals surface area (Å²) in [5.74, 6) is -1.53. The third-order valence-electron chi connectivity index (χ3n) is 6.89. The predicted octanol–water partition coefficient (Wildman–Crippen LogP) is 5.04. The minimum atomic E-state index is -4.79. The molecule has 2 N–H and O–H groups in total. The quantitative estimate of drug-likeness (QED) is 0.475. The van der Waals surface area contributed by atoms with E-state index in [-0.39, 0.29) is 18.0 Å².